The van der Waals surface area contributed by atoms with E-state index in [1.54, 1.807) is 17.9 Å². The fraction of sp³-hybridized carbons (Fsp3) is 0.571. The van der Waals surface area contributed by atoms with Gasteiger partial charge in [0.05, 0.1) is 12.1 Å². The Hall–Kier alpha value is -2.57. The number of likely N-dealkylation sites (tertiary alicyclic amines) is 1. The molecular formula is C21H27N3O4. The van der Waals surface area contributed by atoms with Gasteiger partial charge in [-0.15, -0.1) is 0 Å². The molecule has 2 N–H and O–H groups in total. The minimum Gasteiger partial charge on any atom is -0.485 e. The number of hydrogen-bond donors (Lipinski definition) is 2. The normalized spacial score (nSPS) is 28.2. The fourth-order valence-electron chi connectivity index (χ4n) is 4.46. The molecule has 0 unspecified atom stereocenters. The molecule has 150 valence electrons. The van der Waals surface area contributed by atoms with E-state index in [0.717, 1.165) is 32.1 Å². The van der Waals surface area contributed by atoms with E-state index in [2.05, 4.69) is 10.6 Å². The molecule has 0 bridgehead atoms. The summed E-state index contributed by atoms with van der Waals surface area (Å²) in [6.45, 7) is 2.93. The summed E-state index contributed by atoms with van der Waals surface area (Å²) >= 11 is 0. The van der Waals surface area contributed by atoms with Gasteiger partial charge >= 0.3 is 0 Å². The van der Waals surface area contributed by atoms with Crippen LogP contribution in [-0.4, -0.2) is 53.4 Å². The molecular weight excluding hydrogens is 358 g/mol. The van der Waals surface area contributed by atoms with Gasteiger partial charge in [0.25, 0.3) is 5.91 Å². The monoisotopic (exact) mass is 385 g/mol. The van der Waals surface area contributed by atoms with Gasteiger partial charge in [0, 0.05) is 19.0 Å². The van der Waals surface area contributed by atoms with Crippen LogP contribution < -0.4 is 15.4 Å². The van der Waals surface area contributed by atoms with E-state index in [9.17, 15) is 14.4 Å². The van der Waals surface area contributed by atoms with Crippen molar-refractivity contribution in [3.63, 3.8) is 0 Å². The lowest BCUT2D eigenvalue weighted by Gasteiger charge is -2.40. The predicted molar refractivity (Wildman–Crippen MR) is 103 cm³/mol. The maximum Gasteiger partial charge on any atom is 0.255 e. The van der Waals surface area contributed by atoms with Crippen LogP contribution in [0.2, 0.25) is 0 Å². The Morgan fingerprint density at radius 3 is 2.75 bits per heavy atom. The first-order valence-electron chi connectivity index (χ1n) is 10.1. The number of ether oxygens (including phenoxy) is 1. The fourth-order valence-corrected chi connectivity index (χ4v) is 4.46. The Morgan fingerprint density at radius 2 is 2.04 bits per heavy atom. The largest absolute Gasteiger partial charge is 0.485 e. The lowest BCUT2D eigenvalue weighted by molar-refractivity contribution is -0.137. The second kappa shape index (κ2) is 7.45. The summed E-state index contributed by atoms with van der Waals surface area (Å²) in [5, 5.41) is 6.09. The number of fused-ring (bicyclic) bond motifs is 1. The van der Waals surface area contributed by atoms with Gasteiger partial charge in [0.1, 0.15) is 17.4 Å². The molecule has 28 heavy (non-hydrogen) atoms. The van der Waals surface area contributed by atoms with Gasteiger partial charge in [0.15, 0.2) is 0 Å². The van der Waals surface area contributed by atoms with E-state index in [1.165, 1.54) is 0 Å². The molecule has 2 aliphatic heterocycles. The average molecular weight is 385 g/mol. The summed E-state index contributed by atoms with van der Waals surface area (Å²) in [6.07, 6.45) is 4.43. The third kappa shape index (κ3) is 3.57. The van der Waals surface area contributed by atoms with Crippen molar-refractivity contribution in [2.75, 3.05) is 13.1 Å². The number of carbonyl (C=O) groups is 3. The molecule has 1 saturated carbocycles. The van der Waals surface area contributed by atoms with Crippen molar-refractivity contribution in [3.8, 4) is 5.75 Å². The van der Waals surface area contributed by atoms with Gasteiger partial charge in [-0.2, -0.15) is 0 Å². The van der Waals surface area contributed by atoms with Crippen molar-refractivity contribution < 1.29 is 19.1 Å². The van der Waals surface area contributed by atoms with Crippen LogP contribution in [0.25, 0.3) is 0 Å². The van der Waals surface area contributed by atoms with Crippen LogP contribution in [-0.2, 0) is 9.59 Å². The van der Waals surface area contributed by atoms with E-state index in [4.69, 9.17) is 4.74 Å². The van der Waals surface area contributed by atoms with Gasteiger partial charge in [-0.3, -0.25) is 14.4 Å². The highest BCUT2D eigenvalue weighted by Crippen LogP contribution is 2.36. The van der Waals surface area contributed by atoms with Crippen LogP contribution in [0.1, 0.15) is 55.8 Å². The summed E-state index contributed by atoms with van der Waals surface area (Å²) in [6, 6.07) is 6.96. The summed E-state index contributed by atoms with van der Waals surface area (Å²) in [4.78, 5) is 38.4. The molecule has 2 fully saturated rings. The van der Waals surface area contributed by atoms with Gasteiger partial charge in [-0.05, 0) is 51.2 Å². The highest BCUT2D eigenvalue weighted by Gasteiger charge is 2.41. The number of hydrogen-bond acceptors (Lipinski definition) is 4. The maximum absolute atomic E-state index is 12.6. The van der Waals surface area contributed by atoms with Crippen molar-refractivity contribution in [2.24, 2.45) is 0 Å². The molecule has 1 spiro atoms. The van der Waals surface area contributed by atoms with Gasteiger partial charge in [0.2, 0.25) is 11.8 Å². The molecule has 4 rings (SSSR count). The summed E-state index contributed by atoms with van der Waals surface area (Å²) in [7, 11) is 0. The van der Waals surface area contributed by atoms with Gasteiger partial charge in [-0.25, -0.2) is 0 Å². The molecule has 1 aromatic rings. The van der Waals surface area contributed by atoms with Crippen LogP contribution >= 0.6 is 0 Å². The zero-order valence-corrected chi connectivity index (χ0v) is 16.2. The third-order valence-electron chi connectivity index (χ3n) is 6.23. The van der Waals surface area contributed by atoms with Gasteiger partial charge < -0.3 is 20.3 Å². The molecule has 3 amide bonds. The van der Waals surface area contributed by atoms with Crippen LogP contribution in [0, 0.1) is 0 Å². The molecule has 1 aliphatic carbocycles. The van der Waals surface area contributed by atoms with E-state index < -0.39 is 11.6 Å². The first kappa shape index (κ1) is 18.8. The Kier molecular flexibility index (Phi) is 5.00. The van der Waals surface area contributed by atoms with Crippen LogP contribution in [0.15, 0.2) is 24.3 Å². The number of carbonyl (C=O) groups excluding carboxylic acids is 3. The quantitative estimate of drug-likeness (QED) is 0.828. The van der Waals surface area contributed by atoms with E-state index in [0.29, 0.717) is 30.8 Å². The van der Waals surface area contributed by atoms with Crippen LogP contribution in [0.4, 0.5) is 0 Å². The Labute approximate surface area is 164 Å². The molecule has 2 heterocycles. The second-order valence-corrected chi connectivity index (χ2v) is 8.11. The highest BCUT2D eigenvalue weighted by atomic mass is 16.5. The van der Waals surface area contributed by atoms with E-state index >= 15 is 0 Å². The van der Waals surface area contributed by atoms with Crippen LogP contribution in [0.5, 0.6) is 5.75 Å². The van der Waals surface area contributed by atoms with Crippen molar-refractivity contribution in [1.29, 1.82) is 0 Å². The second-order valence-electron chi connectivity index (χ2n) is 8.11. The smallest absolute Gasteiger partial charge is 0.255 e. The number of benzene rings is 1. The number of nitrogens with one attached hydrogen (secondary N) is 2. The minimum atomic E-state index is -0.431. The topological polar surface area (TPSA) is 87.7 Å². The zero-order chi connectivity index (χ0) is 19.7. The van der Waals surface area contributed by atoms with E-state index in [1.807, 2.05) is 18.2 Å². The lowest BCUT2D eigenvalue weighted by atomic mass is 9.81. The minimum absolute atomic E-state index is 0.0616. The Balaban J connectivity index is 1.36. The molecule has 1 aromatic carbocycles. The highest BCUT2D eigenvalue weighted by molar-refractivity contribution is 5.97. The summed E-state index contributed by atoms with van der Waals surface area (Å²) in [5.41, 5.74) is 0.138. The number of nitrogens with zero attached hydrogens (tertiary/aromatic N) is 1. The van der Waals surface area contributed by atoms with Crippen molar-refractivity contribution in [1.82, 2.24) is 15.5 Å². The number of para-hydroxylation sites is 1. The molecule has 7 heteroatoms. The van der Waals surface area contributed by atoms with Crippen molar-refractivity contribution >= 4 is 17.7 Å². The SMILES string of the molecule is C[C@H](C(=O)NC1CCC2(CC1)CNC(=O)c1ccccc1O2)N1CCCC1=O. The van der Waals surface area contributed by atoms with Gasteiger partial charge in [-0.1, -0.05) is 12.1 Å². The predicted octanol–water partition coefficient (Wildman–Crippen LogP) is 1.62. The maximum atomic E-state index is 12.6. The summed E-state index contributed by atoms with van der Waals surface area (Å²) < 4.78 is 6.30. The molecule has 1 saturated heterocycles. The zero-order valence-electron chi connectivity index (χ0n) is 16.2. The first-order chi connectivity index (χ1) is 13.5. The first-order valence-corrected chi connectivity index (χ1v) is 10.1. The molecule has 1 atom stereocenters. The van der Waals surface area contributed by atoms with Crippen molar-refractivity contribution in [2.45, 2.75) is 63.1 Å². The van der Waals surface area contributed by atoms with E-state index in [-0.39, 0.29) is 23.8 Å². The Morgan fingerprint density at radius 1 is 1.29 bits per heavy atom. The third-order valence-corrected chi connectivity index (χ3v) is 6.23. The molecule has 7 nitrogen and oxygen atoms in total. The van der Waals surface area contributed by atoms with Crippen LogP contribution in [0.3, 0.4) is 0 Å². The Bertz CT molecular complexity index is 786. The number of rotatable bonds is 3. The average Bonchev–Trinajstić information content (AvgIpc) is 3.08. The lowest BCUT2D eigenvalue weighted by Crippen LogP contribution is -2.53. The summed E-state index contributed by atoms with van der Waals surface area (Å²) in [5.74, 6) is 0.497. The molecule has 0 radical (unpaired) electrons. The molecule has 3 aliphatic rings. The van der Waals surface area contributed by atoms with Crippen molar-refractivity contribution in [3.05, 3.63) is 29.8 Å². The number of amides is 3. The standard InChI is InChI=1S/C21H27N3O4/c1-14(24-12-4-7-18(24)25)19(26)23-15-8-10-21(11-9-15)13-22-20(27)16-5-2-3-6-17(16)28-21/h2-3,5-6,14-15H,4,7-13H2,1H3,(H,22,27)(H,23,26)/t14-,15?,21?/m1/s1. The molecule has 0 aromatic heterocycles.